The van der Waals surface area contributed by atoms with Gasteiger partial charge in [-0.3, -0.25) is 4.79 Å². The Kier molecular flexibility index (Phi) is 4.52. The first kappa shape index (κ1) is 16.6. The van der Waals surface area contributed by atoms with E-state index in [-0.39, 0.29) is 17.2 Å². The van der Waals surface area contributed by atoms with Crippen LogP contribution in [0.2, 0.25) is 0 Å². The number of ether oxygens (including phenoxy) is 1. The fourth-order valence-corrected chi connectivity index (χ4v) is 4.67. The molecule has 2 heterocycles. The highest BCUT2D eigenvalue weighted by Gasteiger charge is 2.58. The van der Waals surface area contributed by atoms with Gasteiger partial charge in [-0.15, -0.1) is 11.3 Å². The van der Waals surface area contributed by atoms with Gasteiger partial charge in [-0.2, -0.15) is 0 Å². The third-order valence-electron chi connectivity index (χ3n) is 5.63. The molecule has 25 heavy (non-hydrogen) atoms. The van der Waals surface area contributed by atoms with Gasteiger partial charge < -0.3 is 15.0 Å². The van der Waals surface area contributed by atoms with E-state index >= 15 is 0 Å². The van der Waals surface area contributed by atoms with Crippen LogP contribution in [0.3, 0.4) is 0 Å². The Balaban J connectivity index is 1.57. The Labute approximate surface area is 152 Å². The Hall–Kier alpha value is -1.85. The summed E-state index contributed by atoms with van der Waals surface area (Å²) >= 11 is 1.70. The number of rotatable bonds is 5. The van der Waals surface area contributed by atoms with Gasteiger partial charge >= 0.3 is 0 Å². The second-order valence-electron chi connectivity index (χ2n) is 7.07. The quantitative estimate of drug-likeness (QED) is 0.888. The molecule has 0 bridgehead atoms. The highest BCUT2D eigenvalue weighted by Crippen LogP contribution is 2.59. The van der Waals surface area contributed by atoms with Crippen LogP contribution in [0.4, 0.5) is 5.69 Å². The zero-order valence-corrected chi connectivity index (χ0v) is 15.3. The van der Waals surface area contributed by atoms with E-state index in [0.29, 0.717) is 6.54 Å². The molecular formula is C20H24N2O2S. The molecule has 4 rings (SSSR count). The Morgan fingerprint density at radius 1 is 1.28 bits per heavy atom. The molecule has 1 aromatic heterocycles. The number of methoxy groups -OCH3 is 1. The molecule has 1 saturated carbocycles. The number of hydrogen-bond acceptors (Lipinski definition) is 4. The summed E-state index contributed by atoms with van der Waals surface area (Å²) in [5.74, 6) is 1.27. The van der Waals surface area contributed by atoms with E-state index in [2.05, 4.69) is 16.8 Å². The molecule has 1 saturated heterocycles. The largest absolute Gasteiger partial charge is 0.497 e. The van der Waals surface area contributed by atoms with Gasteiger partial charge in [-0.1, -0.05) is 6.07 Å². The highest BCUT2D eigenvalue weighted by atomic mass is 32.1. The molecule has 132 valence electrons. The lowest BCUT2D eigenvalue weighted by atomic mass is 9.91. The SMILES string of the molecule is COc1ccc(N(Cc2cccs2)C(=O)C2CC23CCNCC3)cc1. The zero-order valence-electron chi connectivity index (χ0n) is 14.5. The van der Waals surface area contributed by atoms with Crippen molar-refractivity contribution in [1.29, 1.82) is 0 Å². The average molecular weight is 356 g/mol. The van der Waals surface area contributed by atoms with E-state index in [9.17, 15) is 4.79 Å². The number of carbonyl (C=O) groups is 1. The standard InChI is InChI=1S/C20H24N2O2S/c1-24-16-6-4-15(5-7-16)22(14-17-3-2-12-25-17)19(23)18-13-20(18)8-10-21-11-9-20/h2-7,12,18,21H,8-11,13-14H2,1H3. The van der Waals surface area contributed by atoms with Gasteiger partial charge in [0.2, 0.25) is 5.91 Å². The summed E-state index contributed by atoms with van der Waals surface area (Å²) in [6.45, 7) is 2.72. The maximum atomic E-state index is 13.3. The number of piperidine rings is 1. The number of hydrogen-bond donors (Lipinski definition) is 1. The van der Waals surface area contributed by atoms with Gasteiger partial charge in [0.1, 0.15) is 5.75 Å². The molecule has 1 amide bonds. The van der Waals surface area contributed by atoms with E-state index in [4.69, 9.17) is 4.74 Å². The molecule has 1 aromatic carbocycles. The summed E-state index contributed by atoms with van der Waals surface area (Å²) in [4.78, 5) is 16.5. The lowest BCUT2D eigenvalue weighted by Gasteiger charge is -2.27. The van der Waals surface area contributed by atoms with E-state index < -0.39 is 0 Å². The summed E-state index contributed by atoms with van der Waals surface area (Å²) in [6, 6.07) is 12.0. The maximum Gasteiger partial charge on any atom is 0.231 e. The minimum atomic E-state index is 0.177. The fourth-order valence-electron chi connectivity index (χ4n) is 3.98. The topological polar surface area (TPSA) is 41.6 Å². The lowest BCUT2D eigenvalue weighted by Crippen LogP contribution is -2.36. The first-order valence-corrected chi connectivity index (χ1v) is 9.78. The minimum absolute atomic E-state index is 0.177. The molecule has 4 nitrogen and oxygen atoms in total. The summed E-state index contributed by atoms with van der Waals surface area (Å²) in [5, 5.41) is 5.48. The minimum Gasteiger partial charge on any atom is -0.497 e. The van der Waals surface area contributed by atoms with E-state index in [1.165, 1.54) is 4.88 Å². The van der Waals surface area contributed by atoms with E-state index in [1.54, 1.807) is 18.4 Å². The third-order valence-corrected chi connectivity index (χ3v) is 6.49. The van der Waals surface area contributed by atoms with Gasteiger partial charge in [0.25, 0.3) is 0 Å². The Bertz CT molecular complexity index is 721. The number of thiophene rings is 1. The van der Waals surface area contributed by atoms with Gasteiger partial charge in [0.15, 0.2) is 0 Å². The van der Waals surface area contributed by atoms with Gasteiger partial charge in [0.05, 0.1) is 13.7 Å². The number of amides is 1. The molecule has 2 aromatic rings. The second-order valence-corrected chi connectivity index (χ2v) is 8.10. The van der Waals surface area contributed by atoms with Crippen LogP contribution >= 0.6 is 11.3 Å². The molecule has 1 N–H and O–H groups in total. The molecular weight excluding hydrogens is 332 g/mol. The number of anilines is 1. The summed E-state index contributed by atoms with van der Waals surface area (Å²) < 4.78 is 5.26. The molecule has 2 fully saturated rings. The van der Waals surface area contributed by atoms with Crippen molar-refractivity contribution in [1.82, 2.24) is 5.32 Å². The summed E-state index contributed by atoms with van der Waals surface area (Å²) in [5.41, 5.74) is 1.21. The van der Waals surface area contributed by atoms with Gasteiger partial charge in [-0.05, 0) is 73.5 Å². The van der Waals surface area contributed by atoms with Crippen molar-refractivity contribution < 1.29 is 9.53 Å². The molecule has 5 heteroatoms. The molecule has 2 aliphatic rings. The highest BCUT2D eigenvalue weighted by molar-refractivity contribution is 7.09. The van der Waals surface area contributed by atoms with Crippen LogP contribution in [0.5, 0.6) is 5.75 Å². The number of carbonyl (C=O) groups excluding carboxylic acids is 1. The zero-order chi connectivity index (χ0) is 17.3. The van der Waals surface area contributed by atoms with Crippen molar-refractivity contribution in [2.75, 3.05) is 25.1 Å². The fraction of sp³-hybridized carbons (Fsp3) is 0.450. The number of nitrogens with one attached hydrogen (secondary N) is 1. The molecule has 0 radical (unpaired) electrons. The van der Waals surface area contributed by atoms with Crippen molar-refractivity contribution in [3.63, 3.8) is 0 Å². The summed E-state index contributed by atoms with van der Waals surface area (Å²) in [6.07, 6.45) is 3.29. The van der Waals surface area contributed by atoms with Crippen LogP contribution in [0.25, 0.3) is 0 Å². The first-order chi connectivity index (χ1) is 12.2. The summed E-state index contributed by atoms with van der Waals surface area (Å²) in [7, 11) is 1.66. The van der Waals surface area contributed by atoms with E-state index in [1.807, 2.05) is 35.2 Å². The molecule has 1 aliphatic carbocycles. The van der Waals surface area contributed by atoms with Gasteiger partial charge in [-0.25, -0.2) is 0 Å². The van der Waals surface area contributed by atoms with Gasteiger partial charge in [0, 0.05) is 16.5 Å². The van der Waals surface area contributed by atoms with Crippen LogP contribution in [0.15, 0.2) is 41.8 Å². The van der Waals surface area contributed by atoms with Crippen LogP contribution in [0.1, 0.15) is 24.1 Å². The van der Waals surface area contributed by atoms with Crippen molar-refractivity contribution in [2.24, 2.45) is 11.3 Å². The maximum absolute atomic E-state index is 13.3. The second kappa shape index (κ2) is 6.81. The van der Waals surface area contributed by atoms with Crippen LogP contribution in [0, 0.1) is 11.3 Å². The monoisotopic (exact) mass is 356 g/mol. The normalized spacial score (nSPS) is 21.1. The smallest absolute Gasteiger partial charge is 0.231 e. The van der Waals surface area contributed by atoms with Crippen molar-refractivity contribution >= 4 is 22.9 Å². The molecule has 1 spiro atoms. The average Bonchev–Trinajstić information content (AvgIpc) is 3.09. The van der Waals surface area contributed by atoms with Crippen LogP contribution in [-0.4, -0.2) is 26.1 Å². The molecule has 1 unspecified atom stereocenters. The van der Waals surface area contributed by atoms with Crippen molar-refractivity contribution in [3.8, 4) is 5.75 Å². The van der Waals surface area contributed by atoms with Crippen LogP contribution in [-0.2, 0) is 11.3 Å². The van der Waals surface area contributed by atoms with E-state index in [0.717, 1.165) is 43.8 Å². The Morgan fingerprint density at radius 2 is 2.04 bits per heavy atom. The predicted molar refractivity (Wildman–Crippen MR) is 101 cm³/mol. The number of nitrogens with zero attached hydrogens (tertiary/aromatic N) is 1. The van der Waals surface area contributed by atoms with Crippen molar-refractivity contribution in [3.05, 3.63) is 46.7 Å². The van der Waals surface area contributed by atoms with Crippen LogP contribution < -0.4 is 15.0 Å². The predicted octanol–water partition coefficient (Wildman–Crippen LogP) is 3.68. The molecule has 1 aliphatic heterocycles. The number of benzene rings is 1. The van der Waals surface area contributed by atoms with Crippen molar-refractivity contribution in [2.45, 2.75) is 25.8 Å². The third kappa shape index (κ3) is 3.31. The Morgan fingerprint density at radius 3 is 2.68 bits per heavy atom. The first-order valence-electron chi connectivity index (χ1n) is 8.90. The molecule has 1 atom stereocenters. The lowest BCUT2D eigenvalue weighted by molar-refractivity contribution is -0.120.